The number of amides is 1. The summed E-state index contributed by atoms with van der Waals surface area (Å²) in [6.45, 7) is 9.74. The minimum atomic E-state index is -0.122. The highest BCUT2D eigenvalue weighted by atomic mass is 16.2. The zero-order chi connectivity index (χ0) is 14.3. The SMILES string of the molecule is C#CCNC(=O)C(C)N(CC1CCNCC1)C(C)C. The third-order valence-electron chi connectivity index (χ3n) is 3.83. The first kappa shape index (κ1) is 16.0. The third kappa shape index (κ3) is 5.22. The van der Waals surface area contributed by atoms with Crippen LogP contribution in [-0.2, 0) is 4.79 Å². The fourth-order valence-corrected chi connectivity index (χ4v) is 2.62. The molecule has 1 heterocycles. The van der Waals surface area contributed by atoms with Crippen molar-refractivity contribution in [3.8, 4) is 12.3 Å². The maximum atomic E-state index is 12.0. The van der Waals surface area contributed by atoms with E-state index in [1.807, 2.05) is 6.92 Å². The summed E-state index contributed by atoms with van der Waals surface area (Å²) < 4.78 is 0. The molecule has 4 heteroatoms. The molecule has 0 aromatic rings. The van der Waals surface area contributed by atoms with Crippen molar-refractivity contribution in [1.82, 2.24) is 15.5 Å². The molecular weight excluding hydrogens is 238 g/mol. The number of carbonyl (C=O) groups is 1. The molecule has 0 saturated carbocycles. The molecule has 0 aromatic heterocycles. The van der Waals surface area contributed by atoms with E-state index in [1.54, 1.807) is 0 Å². The second kappa shape index (κ2) is 8.19. The fourth-order valence-electron chi connectivity index (χ4n) is 2.62. The van der Waals surface area contributed by atoms with E-state index in [-0.39, 0.29) is 11.9 Å². The molecular formula is C15H27N3O. The second-order valence-electron chi connectivity index (χ2n) is 5.58. The van der Waals surface area contributed by atoms with Gasteiger partial charge in [0.05, 0.1) is 12.6 Å². The largest absolute Gasteiger partial charge is 0.344 e. The van der Waals surface area contributed by atoms with Gasteiger partial charge < -0.3 is 10.6 Å². The summed E-state index contributed by atoms with van der Waals surface area (Å²) in [7, 11) is 0. The maximum Gasteiger partial charge on any atom is 0.237 e. The van der Waals surface area contributed by atoms with Crippen LogP contribution < -0.4 is 10.6 Å². The molecule has 0 radical (unpaired) electrons. The van der Waals surface area contributed by atoms with E-state index in [0.717, 1.165) is 19.6 Å². The number of piperidine rings is 1. The molecule has 1 aliphatic rings. The average Bonchev–Trinajstić information content (AvgIpc) is 2.42. The van der Waals surface area contributed by atoms with Crippen molar-refractivity contribution in [2.45, 2.75) is 45.7 Å². The molecule has 1 rings (SSSR count). The van der Waals surface area contributed by atoms with Crippen molar-refractivity contribution < 1.29 is 4.79 Å². The van der Waals surface area contributed by atoms with Crippen LogP contribution in [0.5, 0.6) is 0 Å². The second-order valence-corrected chi connectivity index (χ2v) is 5.58. The van der Waals surface area contributed by atoms with Crippen LogP contribution in [0.3, 0.4) is 0 Å². The number of hydrogen-bond donors (Lipinski definition) is 2. The Labute approximate surface area is 117 Å². The molecule has 1 aliphatic heterocycles. The molecule has 0 spiro atoms. The summed E-state index contributed by atoms with van der Waals surface area (Å²) in [5, 5.41) is 6.15. The Hall–Kier alpha value is -1.05. The van der Waals surface area contributed by atoms with Crippen molar-refractivity contribution >= 4 is 5.91 Å². The summed E-state index contributed by atoms with van der Waals surface area (Å²) in [5.41, 5.74) is 0. The minimum Gasteiger partial charge on any atom is -0.344 e. The summed E-state index contributed by atoms with van der Waals surface area (Å²) in [6.07, 6.45) is 7.57. The van der Waals surface area contributed by atoms with Gasteiger partial charge in [-0.2, -0.15) is 0 Å². The highest BCUT2D eigenvalue weighted by Crippen LogP contribution is 2.17. The molecule has 0 bridgehead atoms. The zero-order valence-corrected chi connectivity index (χ0v) is 12.4. The van der Waals surface area contributed by atoms with E-state index >= 15 is 0 Å². The highest BCUT2D eigenvalue weighted by molar-refractivity contribution is 5.81. The predicted molar refractivity (Wildman–Crippen MR) is 78.7 cm³/mol. The average molecular weight is 265 g/mol. The first-order valence-electron chi connectivity index (χ1n) is 7.24. The lowest BCUT2D eigenvalue weighted by Crippen LogP contribution is -2.50. The molecule has 108 valence electrons. The Kier molecular flexibility index (Phi) is 6.90. The van der Waals surface area contributed by atoms with Crippen LogP contribution in [0.15, 0.2) is 0 Å². The quantitative estimate of drug-likeness (QED) is 0.699. The van der Waals surface area contributed by atoms with Crippen molar-refractivity contribution in [3.63, 3.8) is 0 Å². The highest BCUT2D eigenvalue weighted by Gasteiger charge is 2.26. The number of carbonyl (C=O) groups excluding carboxylic acids is 1. The molecule has 19 heavy (non-hydrogen) atoms. The number of rotatable bonds is 6. The van der Waals surface area contributed by atoms with Gasteiger partial charge in [-0.3, -0.25) is 9.69 Å². The van der Waals surface area contributed by atoms with Crippen LogP contribution in [-0.4, -0.2) is 49.1 Å². The van der Waals surface area contributed by atoms with Crippen LogP contribution in [0, 0.1) is 18.3 Å². The van der Waals surface area contributed by atoms with E-state index in [2.05, 4.69) is 35.3 Å². The van der Waals surface area contributed by atoms with Crippen LogP contribution in [0.25, 0.3) is 0 Å². The molecule has 1 unspecified atom stereocenters. The molecule has 4 nitrogen and oxygen atoms in total. The van der Waals surface area contributed by atoms with E-state index in [4.69, 9.17) is 6.42 Å². The standard InChI is InChI=1S/C15H27N3O/c1-5-8-17-15(19)13(4)18(12(2)3)11-14-6-9-16-10-7-14/h1,12-14,16H,6-11H2,2-4H3,(H,17,19). The van der Waals surface area contributed by atoms with Crippen LogP contribution in [0.2, 0.25) is 0 Å². The Morgan fingerprint density at radius 1 is 1.42 bits per heavy atom. The Bertz CT molecular complexity index is 316. The van der Waals surface area contributed by atoms with Crippen LogP contribution >= 0.6 is 0 Å². The van der Waals surface area contributed by atoms with Crippen molar-refractivity contribution in [2.75, 3.05) is 26.2 Å². The van der Waals surface area contributed by atoms with Crippen LogP contribution in [0.1, 0.15) is 33.6 Å². The number of nitrogens with zero attached hydrogens (tertiary/aromatic N) is 1. The van der Waals surface area contributed by atoms with Crippen LogP contribution in [0.4, 0.5) is 0 Å². The molecule has 2 N–H and O–H groups in total. The predicted octanol–water partition coefficient (Wildman–Crippen LogP) is 0.834. The first-order chi connectivity index (χ1) is 9.06. The number of terminal acetylenes is 1. The summed E-state index contributed by atoms with van der Waals surface area (Å²) in [6, 6.07) is 0.240. The third-order valence-corrected chi connectivity index (χ3v) is 3.83. The van der Waals surface area contributed by atoms with Gasteiger partial charge in [-0.1, -0.05) is 5.92 Å². The van der Waals surface area contributed by atoms with Crippen molar-refractivity contribution in [3.05, 3.63) is 0 Å². The molecule has 1 amide bonds. The fraction of sp³-hybridized carbons (Fsp3) is 0.800. The van der Waals surface area contributed by atoms with Gasteiger partial charge >= 0.3 is 0 Å². The van der Waals surface area contributed by atoms with Gasteiger partial charge in [0.15, 0.2) is 0 Å². The minimum absolute atomic E-state index is 0.0283. The van der Waals surface area contributed by atoms with Gasteiger partial charge in [0.2, 0.25) is 5.91 Å². The molecule has 1 fully saturated rings. The summed E-state index contributed by atoms with van der Waals surface area (Å²) in [4.78, 5) is 14.3. The molecule has 1 saturated heterocycles. The van der Waals surface area contributed by atoms with E-state index in [1.165, 1.54) is 12.8 Å². The van der Waals surface area contributed by atoms with E-state index in [0.29, 0.717) is 18.5 Å². The zero-order valence-electron chi connectivity index (χ0n) is 12.4. The number of hydrogen-bond acceptors (Lipinski definition) is 3. The van der Waals surface area contributed by atoms with Gasteiger partial charge in [0.1, 0.15) is 0 Å². The first-order valence-corrected chi connectivity index (χ1v) is 7.24. The lowest BCUT2D eigenvalue weighted by molar-refractivity contribution is -0.126. The topological polar surface area (TPSA) is 44.4 Å². The normalized spacial score (nSPS) is 18.3. The summed E-state index contributed by atoms with van der Waals surface area (Å²) in [5.74, 6) is 3.16. The number of nitrogens with one attached hydrogen (secondary N) is 2. The Balaban J connectivity index is 2.55. The molecule has 1 atom stereocenters. The Morgan fingerprint density at radius 2 is 2.05 bits per heavy atom. The van der Waals surface area contributed by atoms with Gasteiger partial charge in [-0.15, -0.1) is 6.42 Å². The Morgan fingerprint density at radius 3 is 2.58 bits per heavy atom. The molecule has 0 aliphatic carbocycles. The summed E-state index contributed by atoms with van der Waals surface area (Å²) >= 11 is 0. The van der Waals surface area contributed by atoms with Gasteiger partial charge in [-0.25, -0.2) is 0 Å². The van der Waals surface area contributed by atoms with Crippen molar-refractivity contribution in [2.24, 2.45) is 5.92 Å². The van der Waals surface area contributed by atoms with Gasteiger partial charge in [0.25, 0.3) is 0 Å². The molecule has 0 aromatic carbocycles. The van der Waals surface area contributed by atoms with E-state index < -0.39 is 0 Å². The lowest BCUT2D eigenvalue weighted by Gasteiger charge is -2.36. The smallest absolute Gasteiger partial charge is 0.237 e. The monoisotopic (exact) mass is 265 g/mol. The lowest BCUT2D eigenvalue weighted by atomic mass is 9.96. The maximum absolute atomic E-state index is 12.0. The van der Waals surface area contributed by atoms with E-state index in [9.17, 15) is 4.79 Å². The van der Waals surface area contributed by atoms with Gasteiger partial charge in [-0.05, 0) is 52.6 Å². The van der Waals surface area contributed by atoms with Crippen molar-refractivity contribution in [1.29, 1.82) is 0 Å². The van der Waals surface area contributed by atoms with Gasteiger partial charge in [0, 0.05) is 12.6 Å².